The second-order valence-electron chi connectivity index (χ2n) is 7.86. The number of nitrogens with zero attached hydrogens (tertiary/aromatic N) is 3. The quantitative estimate of drug-likeness (QED) is 0.826. The number of methoxy groups -OCH3 is 1. The van der Waals surface area contributed by atoms with Gasteiger partial charge < -0.3 is 9.64 Å². The summed E-state index contributed by atoms with van der Waals surface area (Å²) in [5.74, 6) is 0.289. The van der Waals surface area contributed by atoms with Crippen molar-refractivity contribution in [2.75, 3.05) is 39.9 Å². The first-order valence-corrected chi connectivity index (χ1v) is 10.6. The molecule has 4 rings (SSSR count). The highest BCUT2D eigenvalue weighted by Crippen LogP contribution is 2.39. The first-order valence-electron chi connectivity index (χ1n) is 9.75. The predicted octanol–water partition coefficient (Wildman–Crippen LogP) is 2.99. The molecule has 0 radical (unpaired) electrons. The summed E-state index contributed by atoms with van der Waals surface area (Å²) >= 11 is 1.84. The van der Waals surface area contributed by atoms with E-state index in [1.165, 1.54) is 22.6 Å². The first kappa shape index (κ1) is 18.7. The minimum Gasteiger partial charge on any atom is -0.383 e. The number of H-pyrrole nitrogens is 1. The van der Waals surface area contributed by atoms with Gasteiger partial charge in [0, 0.05) is 56.2 Å². The average Bonchev–Trinajstić information content (AvgIpc) is 3.35. The van der Waals surface area contributed by atoms with Gasteiger partial charge in [0.2, 0.25) is 5.91 Å². The highest BCUT2D eigenvalue weighted by Gasteiger charge is 2.41. The molecule has 2 aromatic rings. The maximum atomic E-state index is 12.3. The highest BCUT2D eigenvalue weighted by molar-refractivity contribution is 7.15. The predicted molar refractivity (Wildman–Crippen MR) is 107 cm³/mol. The van der Waals surface area contributed by atoms with Crippen LogP contribution in [0.1, 0.15) is 30.6 Å². The molecular weight excluding hydrogens is 360 g/mol. The second kappa shape index (κ2) is 8.12. The fourth-order valence-corrected chi connectivity index (χ4v) is 5.53. The molecule has 0 saturated carbocycles. The van der Waals surface area contributed by atoms with E-state index in [0.717, 1.165) is 44.8 Å². The van der Waals surface area contributed by atoms with Gasteiger partial charge in [0.15, 0.2) is 0 Å². The number of thiophene rings is 1. The van der Waals surface area contributed by atoms with Gasteiger partial charge in [-0.1, -0.05) is 0 Å². The van der Waals surface area contributed by atoms with Gasteiger partial charge in [-0.25, -0.2) is 0 Å². The van der Waals surface area contributed by atoms with Crippen LogP contribution in [0.15, 0.2) is 24.4 Å². The number of aromatic amines is 1. The topological polar surface area (TPSA) is 61.5 Å². The lowest BCUT2D eigenvalue weighted by atomic mass is 9.73. The van der Waals surface area contributed by atoms with Crippen molar-refractivity contribution in [1.29, 1.82) is 0 Å². The molecule has 146 valence electrons. The normalized spacial score (nSPS) is 24.0. The van der Waals surface area contributed by atoms with Gasteiger partial charge in [-0.15, -0.1) is 11.3 Å². The zero-order valence-electron chi connectivity index (χ0n) is 15.9. The van der Waals surface area contributed by atoms with Crippen molar-refractivity contribution < 1.29 is 9.53 Å². The zero-order chi connectivity index (χ0) is 18.7. The van der Waals surface area contributed by atoms with Crippen LogP contribution in [0.3, 0.4) is 0 Å². The summed E-state index contributed by atoms with van der Waals surface area (Å²) in [4.78, 5) is 19.5. The molecule has 0 bridgehead atoms. The van der Waals surface area contributed by atoms with E-state index in [9.17, 15) is 4.79 Å². The molecule has 1 N–H and O–H groups in total. The molecule has 27 heavy (non-hydrogen) atoms. The third kappa shape index (κ3) is 4.25. The third-order valence-corrected chi connectivity index (χ3v) is 6.96. The summed E-state index contributed by atoms with van der Waals surface area (Å²) in [6.45, 7) is 5.45. The third-order valence-electron chi connectivity index (χ3n) is 5.86. The summed E-state index contributed by atoms with van der Waals surface area (Å²) in [5.41, 5.74) is 1.34. The number of ether oxygens (including phenoxy) is 1. The molecule has 2 saturated heterocycles. The van der Waals surface area contributed by atoms with E-state index in [2.05, 4.69) is 27.2 Å². The molecular formula is C20H28N4O2S. The number of carbonyl (C=O) groups is 1. The number of piperidine rings is 2. The minimum absolute atomic E-state index is 0.253. The van der Waals surface area contributed by atoms with E-state index in [1.807, 2.05) is 22.3 Å². The van der Waals surface area contributed by atoms with Crippen molar-refractivity contribution in [2.45, 2.75) is 32.2 Å². The van der Waals surface area contributed by atoms with Crippen LogP contribution in [-0.4, -0.2) is 65.8 Å². The smallest absolute Gasteiger partial charge is 0.222 e. The zero-order valence-corrected chi connectivity index (χ0v) is 16.8. The van der Waals surface area contributed by atoms with Gasteiger partial charge in [0.05, 0.1) is 17.2 Å². The van der Waals surface area contributed by atoms with Crippen LogP contribution in [0.5, 0.6) is 0 Å². The summed E-state index contributed by atoms with van der Waals surface area (Å²) in [6, 6.07) is 6.43. The second-order valence-corrected chi connectivity index (χ2v) is 9.03. The van der Waals surface area contributed by atoms with Crippen molar-refractivity contribution in [3.8, 4) is 10.6 Å². The Hall–Kier alpha value is -1.70. The van der Waals surface area contributed by atoms with Crippen LogP contribution in [-0.2, 0) is 16.1 Å². The molecule has 1 amide bonds. The Labute approximate surface area is 164 Å². The van der Waals surface area contributed by atoms with Crippen molar-refractivity contribution in [3.05, 3.63) is 29.3 Å². The largest absolute Gasteiger partial charge is 0.383 e. The molecule has 1 atom stereocenters. The van der Waals surface area contributed by atoms with Gasteiger partial charge in [-0.2, -0.15) is 5.10 Å². The molecule has 2 aromatic heterocycles. The van der Waals surface area contributed by atoms with Crippen LogP contribution in [0, 0.1) is 5.41 Å². The first-order chi connectivity index (χ1) is 13.2. The Morgan fingerprint density at radius 1 is 1.30 bits per heavy atom. The van der Waals surface area contributed by atoms with E-state index in [-0.39, 0.29) is 11.3 Å². The van der Waals surface area contributed by atoms with Crippen molar-refractivity contribution >= 4 is 17.2 Å². The summed E-state index contributed by atoms with van der Waals surface area (Å²) < 4.78 is 5.19. The molecule has 2 aliphatic heterocycles. The Morgan fingerprint density at radius 3 is 3.04 bits per heavy atom. The molecule has 1 spiro atoms. The molecule has 7 heteroatoms. The number of aromatic nitrogens is 2. The minimum atomic E-state index is 0.253. The number of hydrogen-bond acceptors (Lipinski definition) is 5. The van der Waals surface area contributed by atoms with Gasteiger partial charge in [0.25, 0.3) is 0 Å². The van der Waals surface area contributed by atoms with E-state index < -0.39 is 0 Å². The molecule has 0 unspecified atom stereocenters. The molecule has 2 aliphatic rings. The van der Waals surface area contributed by atoms with Crippen LogP contribution in [0.25, 0.3) is 10.6 Å². The van der Waals surface area contributed by atoms with E-state index in [4.69, 9.17) is 4.74 Å². The highest BCUT2D eigenvalue weighted by atomic mass is 32.1. The number of nitrogens with one attached hydrogen (secondary N) is 1. The van der Waals surface area contributed by atoms with Gasteiger partial charge >= 0.3 is 0 Å². The number of likely N-dealkylation sites (tertiary alicyclic amines) is 2. The van der Waals surface area contributed by atoms with E-state index in [1.54, 1.807) is 13.3 Å². The molecule has 0 aromatic carbocycles. The van der Waals surface area contributed by atoms with Crippen LogP contribution in [0.2, 0.25) is 0 Å². The molecule has 6 nitrogen and oxygen atoms in total. The lowest BCUT2D eigenvalue weighted by Gasteiger charge is -2.48. The van der Waals surface area contributed by atoms with Gasteiger partial charge in [0.1, 0.15) is 0 Å². The summed E-state index contributed by atoms with van der Waals surface area (Å²) in [5, 5.41) is 7.09. The maximum absolute atomic E-state index is 12.3. The van der Waals surface area contributed by atoms with E-state index >= 15 is 0 Å². The number of amides is 1. The number of rotatable bonds is 6. The fraction of sp³-hybridized carbons (Fsp3) is 0.600. The Morgan fingerprint density at radius 2 is 2.22 bits per heavy atom. The van der Waals surface area contributed by atoms with Crippen LogP contribution < -0.4 is 0 Å². The van der Waals surface area contributed by atoms with Crippen molar-refractivity contribution in [3.63, 3.8) is 0 Å². The van der Waals surface area contributed by atoms with Crippen molar-refractivity contribution in [1.82, 2.24) is 20.0 Å². The Balaban J connectivity index is 1.40. The average molecular weight is 389 g/mol. The number of hydrogen-bond donors (Lipinski definition) is 1. The Bertz CT molecular complexity index is 760. The van der Waals surface area contributed by atoms with Crippen LogP contribution >= 0.6 is 11.3 Å². The molecule has 4 heterocycles. The maximum Gasteiger partial charge on any atom is 0.222 e. The van der Waals surface area contributed by atoms with Gasteiger partial charge in [-0.05, 0) is 44.0 Å². The Kier molecular flexibility index (Phi) is 5.61. The fourth-order valence-electron chi connectivity index (χ4n) is 4.51. The lowest BCUT2D eigenvalue weighted by molar-refractivity contribution is -0.140. The van der Waals surface area contributed by atoms with Crippen LogP contribution in [0.4, 0.5) is 0 Å². The SMILES string of the molecule is COCCN1C[C@@]2(CCCN(Cc3ccc(-c4ccn[nH]4)s3)C2)CCC1=O. The van der Waals surface area contributed by atoms with Crippen molar-refractivity contribution in [2.24, 2.45) is 5.41 Å². The molecule has 0 aliphatic carbocycles. The molecule has 2 fully saturated rings. The monoisotopic (exact) mass is 388 g/mol. The summed E-state index contributed by atoms with van der Waals surface area (Å²) in [6.07, 6.45) is 5.94. The standard InChI is InChI=1S/C20H28N4O2S/c1-26-12-11-24-15-20(8-5-19(24)25)7-2-10-23(14-20)13-16-3-4-18(27-16)17-6-9-21-22-17/h3-4,6,9H,2,5,7-8,10-15H2,1H3,(H,21,22)/t20-/m0/s1. The van der Waals surface area contributed by atoms with Gasteiger partial charge in [-0.3, -0.25) is 14.8 Å². The lowest BCUT2D eigenvalue weighted by Crippen LogP contribution is -2.54. The van der Waals surface area contributed by atoms with E-state index in [0.29, 0.717) is 13.0 Å². The number of carbonyl (C=O) groups excluding carboxylic acids is 1. The summed E-state index contributed by atoms with van der Waals surface area (Å²) in [7, 11) is 1.70.